The van der Waals surface area contributed by atoms with E-state index >= 15 is 0 Å². The van der Waals surface area contributed by atoms with Crippen LogP contribution in [0.15, 0.2) is 12.4 Å². The molecule has 2 N–H and O–H groups in total. The van der Waals surface area contributed by atoms with Gasteiger partial charge in [0.2, 0.25) is 11.8 Å². The molecule has 3 heterocycles. The Morgan fingerprint density at radius 2 is 1.95 bits per heavy atom. The zero-order valence-corrected chi connectivity index (χ0v) is 11.7. The Morgan fingerprint density at radius 3 is 2.59 bits per heavy atom. The van der Waals surface area contributed by atoms with E-state index in [1.807, 2.05) is 4.90 Å². The molecule has 0 amide bonds. The molecule has 2 aromatic heterocycles. The fraction of sp³-hybridized carbons (Fsp3) is 0.500. The van der Waals surface area contributed by atoms with Crippen LogP contribution in [-0.2, 0) is 11.3 Å². The molecular weight excluding hydrogens is 290 g/mol. The van der Waals surface area contributed by atoms with Gasteiger partial charge >= 0.3 is 5.97 Å². The van der Waals surface area contributed by atoms with Crippen molar-refractivity contribution in [2.24, 2.45) is 0 Å². The average molecular weight is 305 g/mol. The van der Waals surface area contributed by atoms with Crippen LogP contribution in [0.5, 0.6) is 0 Å². The molecule has 3 rings (SSSR count). The largest absolute Gasteiger partial charge is 0.480 e. The molecule has 0 radical (unpaired) electrons. The number of hydrogen-bond donors (Lipinski definition) is 2. The van der Waals surface area contributed by atoms with Gasteiger partial charge in [0.05, 0.1) is 11.7 Å². The highest BCUT2D eigenvalue weighted by Crippen LogP contribution is 2.18. The molecule has 1 aliphatic heterocycles. The first-order valence-corrected chi connectivity index (χ1v) is 6.87. The molecule has 22 heavy (non-hydrogen) atoms. The van der Waals surface area contributed by atoms with Gasteiger partial charge in [-0.3, -0.25) is 4.79 Å². The number of aliphatic hydroxyl groups is 1. The molecule has 0 bridgehead atoms. The Morgan fingerprint density at radius 1 is 1.27 bits per heavy atom. The first-order chi connectivity index (χ1) is 10.6. The lowest BCUT2D eigenvalue weighted by atomic mass is 10.1. The number of aliphatic hydroxyl groups excluding tert-OH is 1. The van der Waals surface area contributed by atoms with E-state index in [4.69, 9.17) is 5.11 Å². The number of nitrogens with zero attached hydrogens (tertiary/aromatic N) is 7. The summed E-state index contributed by atoms with van der Waals surface area (Å²) in [6.07, 6.45) is 4.32. The van der Waals surface area contributed by atoms with Crippen molar-refractivity contribution in [3.63, 3.8) is 0 Å². The lowest BCUT2D eigenvalue weighted by molar-refractivity contribution is -0.138. The van der Waals surface area contributed by atoms with E-state index in [-0.39, 0.29) is 18.5 Å². The summed E-state index contributed by atoms with van der Waals surface area (Å²) in [6, 6.07) is 0. The van der Waals surface area contributed by atoms with Crippen molar-refractivity contribution < 1.29 is 15.0 Å². The smallest absolute Gasteiger partial charge is 0.327 e. The summed E-state index contributed by atoms with van der Waals surface area (Å²) in [5.74, 6) is -0.168. The number of tetrazole rings is 1. The lowest BCUT2D eigenvalue weighted by Crippen LogP contribution is -2.36. The maximum Gasteiger partial charge on any atom is 0.327 e. The minimum Gasteiger partial charge on any atom is -0.480 e. The molecule has 1 fully saturated rings. The SMILES string of the molecule is O=C(O)Cn1nnc(-c2cnc(N3CCC(O)CC3)nc2)n1. The van der Waals surface area contributed by atoms with E-state index in [2.05, 4.69) is 25.4 Å². The predicted molar refractivity (Wildman–Crippen MR) is 73.9 cm³/mol. The summed E-state index contributed by atoms with van der Waals surface area (Å²) in [5.41, 5.74) is 0.567. The van der Waals surface area contributed by atoms with Crippen LogP contribution < -0.4 is 4.90 Å². The van der Waals surface area contributed by atoms with Crippen LogP contribution in [0.1, 0.15) is 12.8 Å². The lowest BCUT2D eigenvalue weighted by Gasteiger charge is -2.29. The molecule has 0 unspecified atom stereocenters. The van der Waals surface area contributed by atoms with Gasteiger partial charge in [-0.05, 0) is 18.1 Å². The molecule has 10 nitrogen and oxygen atoms in total. The van der Waals surface area contributed by atoms with Gasteiger partial charge in [-0.25, -0.2) is 9.97 Å². The zero-order valence-electron chi connectivity index (χ0n) is 11.7. The van der Waals surface area contributed by atoms with E-state index in [1.54, 1.807) is 12.4 Å². The van der Waals surface area contributed by atoms with Gasteiger partial charge in [0, 0.05) is 25.5 Å². The normalized spacial score (nSPS) is 16.0. The molecule has 0 spiro atoms. The molecular formula is C12H15N7O3. The van der Waals surface area contributed by atoms with Crippen LogP contribution >= 0.6 is 0 Å². The topological polar surface area (TPSA) is 130 Å². The molecule has 1 aliphatic rings. The third kappa shape index (κ3) is 3.17. The van der Waals surface area contributed by atoms with Crippen LogP contribution in [0.4, 0.5) is 5.95 Å². The Kier molecular flexibility index (Phi) is 3.92. The number of carboxylic acids is 1. The second-order valence-corrected chi connectivity index (χ2v) is 5.03. The van der Waals surface area contributed by atoms with Gasteiger partial charge < -0.3 is 15.1 Å². The standard InChI is InChI=1S/C12H15N7O3/c20-9-1-3-18(4-2-9)12-13-5-8(6-14-12)11-15-17-19(16-11)7-10(21)22/h5-6,9,20H,1-4,7H2,(H,21,22). The summed E-state index contributed by atoms with van der Waals surface area (Å²) in [5, 5.41) is 29.6. The second-order valence-electron chi connectivity index (χ2n) is 5.03. The highest BCUT2D eigenvalue weighted by atomic mass is 16.4. The third-order valence-electron chi connectivity index (χ3n) is 3.37. The predicted octanol–water partition coefficient (Wildman–Crippen LogP) is -0.824. The van der Waals surface area contributed by atoms with Crippen molar-refractivity contribution in [3.8, 4) is 11.4 Å². The van der Waals surface area contributed by atoms with Crippen molar-refractivity contribution in [1.29, 1.82) is 0 Å². The first-order valence-electron chi connectivity index (χ1n) is 6.87. The van der Waals surface area contributed by atoms with E-state index in [0.717, 1.165) is 4.80 Å². The summed E-state index contributed by atoms with van der Waals surface area (Å²) in [4.78, 5) is 22.1. The molecule has 2 aromatic rings. The van der Waals surface area contributed by atoms with Gasteiger partial charge in [-0.2, -0.15) is 4.80 Å². The molecule has 0 atom stereocenters. The molecule has 0 aliphatic carbocycles. The Hall–Kier alpha value is -2.62. The van der Waals surface area contributed by atoms with Crippen molar-refractivity contribution in [3.05, 3.63) is 12.4 Å². The number of piperidine rings is 1. The molecule has 1 saturated heterocycles. The maximum absolute atomic E-state index is 10.6. The van der Waals surface area contributed by atoms with E-state index < -0.39 is 5.97 Å². The number of carboxylic acid groups (broad SMARTS) is 1. The number of hydrogen-bond acceptors (Lipinski definition) is 8. The zero-order chi connectivity index (χ0) is 15.5. The fourth-order valence-corrected chi connectivity index (χ4v) is 2.21. The number of carbonyl (C=O) groups is 1. The van der Waals surface area contributed by atoms with Crippen LogP contribution in [0, 0.1) is 0 Å². The van der Waals surface area contributed by atoms with Gasteiger partial charge in [-0.1, -0.05) is 0 Å². The fourth-order valence-electron chi connectivity index (χ4n) is 2.21. The molecule has 116 valence electrons. The maximum atomic E-state index is 10.6. The summed E-state index contributed by atoms with van der Waals surface area (Å²) in [6.45, 7) is 1.09. The summed E-state index contributed by atoms with van der Waals surface area (Å²) in [7, 11) is 0. The quantitative estimate of drug-likeness (QED) is 0.743. The van der Waals surface area contributed by atoms with Crippen molar-refractivity contribution in [2.45, 2.75) is 25.5 Å². The van der Waals surface area contributed by atoms with Crippen LogP contribution in [-0.4, -0.2) is 65.6 Å². The monoisotopic (exact) mass is 305 g/mol. The second kappa shape index (κ2) is 6.02. The van der Waals surface area contributed by atoms with Gasteiger partial charge in [0.1, 0.15) is 0 Å². The van der Waals surface area contributed by atoms with Crippen LogP contribution in [0.2, 0.25) is 0 Å². The highest BCUT2D eigenvalue weighted by molar-refractivity contribution is 5.66. The molecule has 0 aromatic carbocycles. The first kappa shape index (κ1) is 14.3. The van der Waals surface area contributed by atoms with E-state index in [9.17, 15) is 9.90 Å². The molecule has 10 heteroatoms. The van der Waals surface area contributed by atoms with Crippen molar-refractivity contribution in [2.75, 3.05) is 18.0 Å². The van der Waals surface area contributed by atoms with Crippen molar-refractivity contribution >= 4 is 11.9 Å². The van der Waals surface area contributed by atoms with Crippen LogP contribution in [0.3, 0.4) is 0 Å². The van der Waals surface area contributed by atoms with Crippen molar-refractivity contribution in [1.82, 2.24) is 30.2 Å². The molecule has 0 saturated carbocycles. The minimum atomic E-state index is -1.04. The Bertz CT molecular complexity index is 649. The third-order valence-corrected chi connectivity index (χ3v) is 3.37. The Balaban J connectivity index is 1.71. The van der Waals surface area contributed by atoms with E-state index in [0.29, 0.717) is 37.4 Å². The number of anilines is 1. The van der Waals surface area contributed by atoms with Crippen LogP contribution in [0.25, 0.3) is 11.4 Å². The Labute approximate surface area is 125 Å². The van der Waals surface area contributed by atoms with Gasteiger partial charge in [0.15, 0.2) is 6.54 Å². The minimum absolute atomic E-state index is 0.246. The van der Waals surface area contributed by atoms with Gasteiger partial charge in [-0.15, -0.1) is 10.2 Å². The van der Waals surface area contributed by atoms with Gasteiger partial charge in [0.25, 0.3) is 0 Å². The number of aliphatic carboxylic acids is 1. The number of rotatable bonds is 4. The summed E-state index contributed by atoms with van der Waals surface area (Å²) < 4.78 is 0. The van der Waals surface area contributed by atoms with E-state index in [1.165, 1.54) is 0 Å². The highest BCUT2D eigenvalue weighted by Gasteiger charge is 2.19. The number of aromatic nitrogens is 6. The average Bonchev–Trinajstić information content (AvgIpc) is 2.96. The summed E-state index contributed by atoms with van der Waals surface area (Å²) >= 11 is 0.